The first-order chi connectivity index (χ1) is 8.99. The van der Waals surface area contributed by atoms with Crippen LogP contribution < -0.4 is 16.6 Å². The van der Waals surface area contributed by atoms with E-state index in [1.165, 1.54) is 7.05 Å². The third kappa shape index (κ3) is 3.75. The van der Waals surface area contributed by atoms with E-state index < -0.39 is 21.9 Å². The number of aryl methyl sites for hydroxylation is 1. The zero-order valence-corrected chi connectivity index (χ0v) is 11.1. The van der Waals surface area contributed by atoms with E-state index in [2.05, 4.69) is 5.32 Å². The minimum atomic E-state index is -0.844. The molecule has 8 heteroatoms. The van der Waals surface area contributed by atoms with E-state index in [-0.39, 0.29) is 6.54 Å². The molecule has 0 saturated carbocycles. The summed E-state index contributed by atoms with van der Waals surface area (Å²) in [5.41, 5.74) is -1.96. The third-order valence-electron chi connectivity index (χ3n) is 2.67. The van der Waals surface area contributed by atoms with Crippen molar-refractivity contribution in [1.29, 1.82) is 0 Å². The lowest BCUT2D eigenvalue weighted by molar-refractivity contribution is -0.387. The van der Waals surface area contributed by atoms with Gasteiger partial charge in [0.15, 0.2) is 0 Å². The van der Waals surface area contributed by atoms with E-state index in [1.807, 2.05) is 6.92 Å². The van der Waals surface area contributed by atoms with E-state index in [0.717, 1.165) is 28.3 Å². The normalized spacial score (nSPS) is 10.6. The van der Waals surface area contributed by atoms with E-state index in [0.29, 0.717) is 13.0 Å². The lowest BCUT2D eigenvalue weighted by atomic mass is 10.4. The maximum absolute atomic E-state index is 11.8. The second-order valence-electron chi connectivity index (χ2n) is 4.23. The fourth-order valence-electron chi connectivity index (χ4n) is 1.70. The topological polar surface area (TPSA) is 99.2 Å². The Morgan fingerprint density at radius 3 is 2.63 bits per heavy atom. The quantitative estimate of drug-likeness (QED) is 0.422. The fraction of sp³-hybridized carbons (Fsp3) is 0.636. The van der Waals surface area contributed by atoms with Crippen molar-refractivity contribution < 1.29 is 4.92 Å². The summed E-state index contributed by atoms with van der Waals surface area (Å²) >= 11 is 0. The molecule has 8 nitrogen and oxygen atoms in total. The molecule has 0 spiro atoms. The minimum absolute atomic E-state index is 0.171. The van der Waals surface area contributed by atoms with E-state index >= 15 is 0 Å². The molecule has 1 N–H and O–H groups in total. The predicted molar refractivity (Wildman–Crippen MR) is 70.4 cm³/mol. The molecule has 0 bridgehead atoms. The lowest BCUT2D eigenvalue weighted by Gasteiger charge is -2.07. The number of hydrogen-bond acceptors (Lipinski definition) is 5. The molecule has 0 aliphatic carbocycles. The molecule has 0 fully saturated rings. The molecule has 1 aromatic heterocycles. The van der Waals surface area contributed by atoms with Gasteiger partial charge in [0, 0.05) is 13.6 Å². The van der Waals surface area contributed by atoms with Crippen LogP contribution in [0.3, 0.4) is 0 Å². The largest absolute Gasteiger partial charge is 0.350 e. The van der Waals surface area contributed by atoms with Gasteiger partial charge < -0.3 is 5.32 Å². The molecule has 0 aliphatic heterocycles. The summed E-state index contributed by atoms with van der Waals surface area (Å²) in [5, 5.41) is 13.9. The van der Waals surface area contributed by atoms with Gasteiger partial charge in [-0.25, -0.2) is 4.79 Å². The Balaban J connectivity index is 2.91. The highest BCUT2D eigenvalue weighted by molar-refractivity contribution is 5.21. The molecule has 1 heterocycles. The van der Waals surface area contributed by atoms with Gasteiger partial charge in [-0.1, -0.05) is 6.92 Å². The molecule has 1 rings (SSSR count). The number of hydrogen-bond donors (Lipinski definition) is 1. The Morgan fingerprint density at radius 2 is 2.05 bits per heavy atom. The van der Waals surface area contributed by atoms with Gasteiger partial charge in [0.1, 0.15) is 0 Å². The Bertz CT molecular complexity index is 561. The van der Waals surface area contributed by atoms with Crippen LogP contribution in [0, 0.1) is 10.1 Å². The van der Waals surface area contributed by atoms with E-state index in [4.69, 9.17) is 0 Å². The first kappa shape index (κ1) is 15.1. The molecule has 0 aromatic carbocycles. The number of aromatic nitrogens is 2. The molecule has 0 aliphatic rings. The maximum atomic E-state index is 11.8. The van der Waals surface area contributed by atoms with Crippen molar-refractivity contribution in [1.82, 2.24) is 14.5 Å². The average Bonchev–Trinajstić information content (AvgIpc) is 2.36. The molecule has 106 valence electrons. The number of nitrogens with zero attached hydrogens (tertiary/aromatic N) is 3. The molecule has 1 aromatic rings. The lowest BCUT2D eigenvalue weighted by Crippen LogP contribution is -2.40. The van der Waals surface area contributed by atoms with Gasteiger partial charge in [-0.2, -0.15) is 0 Å². The molecular formula is C11H18N4O4. The van der Waals surface area contributed by atoms with Crippen LogP contribution in [0.5, 0.6) is 0 Å². The standard InChI is InChI=1S/C11H18N4O4/c1-3-5-12-6-4-7-14-10(16)9(15(18)19)8-13(2)11(14)17/h8,12H,3-7H2,1-2H3. The van der Waals surface area contributed by atoms with Crippen molar-refractivity contribution in [2.75, 3.05) is 13.1 Å². The maximum Gasteiger partial charge on any atom is 0.350 e. The molecule has 0 atom stereocenters. The summed E-state index contributed by atoms with van der Waals surface area (Å²) in [6, 6.07) is 0. The van der Waals surface area contributed by atoms with Crippen LogP contribution in [0.15, 0.2) is 15.8 Å². The first-order valence-corrected chi connectivity index (χ1v) is 6.14. The van der Waals surface area contributed by atoms with E-state index in [1.54, 1.807) is 0 Å². The van der Waals surface area contributed by atoms with Crippen LogP contribution in [0.25, 0.3) is 0 Å². The van der Waals surface area contributed by atoms with Crippen LogP contribution in [0.2, 0.25) is 0 Å². The summed E-state index contributed by atoms with van der Waals surface area (Å²) in [6.45, 7) is 3.73. The van der Waals surface area contributed by atoms with Crippen LogP contribution in [-0.2, 0) is 13.6 Å². The van der Waals surface area contributed by atoms with E-state index in [9.17, 15) is 19.7 Å². The second-order valence-corrected chi connectivity index (χ2v) is 4.23. The number of nitro groups is 1. The van der Waals surface area contributed by atoms with Crippen molar-refractivity contribution in [2.45, 2.75) is 26.3 Å². The highest BCUT2D eigenvalue weighted by Gasteiger charge is 2.18. The number of rotatable bonds is 7. The average molecular weight is 270 g/mol. The third-order valence-corrected chi connectivity index (χ3v) is 2.67. The molecule has 19 heavy (non-hydrogen) atoms. The Labute approximate surface area is 109 Å². The van der Waals surface area contributed by atoms with Gasteiger partial charge in [0.25, 0.3) is 0 Å². The zero-order valence-electron chi connectivity index (χ0n) is 11.1. The molecule has 0 amide bonds. The van der Waals surface area contributed by atoms with Crippen molar-refractivity contribution in [2.24, 2.45) is 7.05 Å². The van der Waals surface area contributed by atoms with Crippen molar-refractivity contribution in [3.05, 3.63) is 37.1 Å². The van der Waals surface area contributed by atoms with Gasteiger partial charge >= 0.3 is 16.9 Å². The van der Waals surface area contributed by atoms with Crippen LogP contribution in [-0.4, -0.2) is 27.1 Å². The number of nitrogens with one attached hydrogen (secondary N) is 1. The zero-order chi connectivity index (χ0) is 14.4. The summed E-state index contributed by atoms with van der Waals surface area (Å²) in [7, 11) is 1.39. The van der Waals surface area contributed by atoms with Crippen molar-refractivity contribution in [3.8, 4) is 0 Å². The molecule has 0 unspecified atom stereocenters. The van der Waals surface area contributed by atoms with Gasteiger partial charge in [-0.05, 0) is 25.9 Å². The minimum Gasteiger partial charge on any atom is -0.317 e. The predicted octanol–water partition coefficient (Wildman–Crippen LogP) is -0.155. The van der Waals surface area contributed by atoms with Crippen LogP contribution in [0.4, 0.5) is 5.69 Å². The van der Waals surface area contributed by atoms with Crippen LogP contribution in [0.1, 0.15) is 19.8 Å². The molecule has 0 radical (unpaired) electrons. The highest BCUT2D eigenvalue weighted by Crippen LogP contribution is 1.99. The van der Waals surface area contributed by atoms with Crippen LogP contribution >= 0.6 is 0 Å². The monoisotopic (exact) mass is 270 g/mol. The Morgan fingerprint density at radius 1 is 1.37 bits per heavy atom. The summed E-state index contributed by atoms with van der Waals surface area (Å²) < 4.78 is 1.96. The van der Waals surface area contributed by atoms with Gasteiger partial charge in [0.05, 0.1) is 11.1 Å². The van der Waals surface area contributed by atoms with Gasteiger partial charge in [-0.3, -0.25) is 24.0 Å². The van der Waals surface area contributed by atoms with Gasteiger partial charge in [0.2, 0.25) is 0 Å². The van der Waals surface area contributed by atoms with Crippen molar-refractivity contribution in [3.63, 3.8) is 0 Å². The Kier molecular flexibility index (Phi) is 5.43. The fourth-order valence-corrected chi connectivity index (χ4v) is 1.70. The molecule has 0 saturated heterocycles. The first-order valence-electron chi connectivity index (χ1n) is 6.14. The highest BCUT2D eigenvalue weighted by atomic mass is 16.6. The summed E-state index contributed by atoms with van der Waals surface area (Å²) in [6.07, 6.45) is 2.52. The van der Waals surface area contributed by atoms with Gasteiger partial charge in [-0.15, -0.1) is 0 Å². The van der Waals surface area contributed by atoms with Crippen molar-refractivity contribution >= 4 is 5.69 Å². The SMILES string of the molecule is CCCNCCCn1c(=O)c([N+](=O)[O-])cn(C)c1=O. The Hall–Kier alpha value is -1.96. The summed E-state index contributed by atoms with van der Waals surface area (Å²) in [5.74, 6) is 0. The summed E-state index contributed by atoms with van der Waals surface area (Å²) in [4.78, 5) is 33.5. The molecular weight excluding hydrogens is 252 g/mol. The second kappa shape index (κ2) is 6.83. The smallest absolute Gasteiger partial charge is 0.317 e.